The third kappa shape index (κ3) is 1.99. The smallest absolute Gasteiger partial charge is 0.0389 e. The van der Waals surface area contributed by atoms with Crippen LogP contribution >= 0.6 is 0 Å². The SMILES string of the molecule is CCC1(C(NC)c2cccnc2)CCCC1. The molecule has 1 aromatic heterocycles. The van der Waals surface area contributed by atoms with Crippen molar-refractivity contribution >= 4 is 0 Å². The van der Waals surface area contributed by atoms with Crippen molar-refractivity contribution in [2.24, 2.45) is 5.41 Å². The lowest BCUT2D eigenvalue weighted by molar-refractivity contribution is 0.195. The molecule has 1 unspecified atom stereocenters. The van der Waals surface area contributed by atoms with Crippen molar-refractivity contribution in [1.29, 1.82) is 0 Å². The maximum absolute atomic E-state index is 4.25. The van der Waals surface area contributed by atoms with Gasteiger partial charge in [-0.3, -0.25) is 4.98 Å². The molecule has 16 heavy (non-hydrogen) atoms. The number of hydrogen-bond donors (Lipinski definition) is 1. The minimum absolute atomic E-state index is 0.456. The van der Waals surface area contributed by atoms with E-state index in [0.29, 0.717) is 11.5 Å². The summed E-state index contributed by atoms with van der Waals surface area (Å²) in [6.45, 7) is 2.33. The molecule has 1 saturated carbocycles. The van der Waals surface area contributed by atoms with E-state index < -0.39 is 0 Å². The van der Waals surface area contributed by atoms with Gasteiger partial charge in [-0.05, 0) is 43.4 Å². The summed E-state index contributed by atoms with van der Waals surface area (Å²) >= 11 is 0. The number of pyridine rings is 1. The van der Waals surface area contributed by atoms with Crippen molar-refractivity contribution < 1.29 is 0 Å². The van der Waals surface area contributed by atoms with Crippen LogP contribution in [0, 0.1) is 5.41 Å². The van der Waals surface area contributed by atoms with E-state index in [2.05, 4.69) is 30.3 Å². The molecule has 1 aliphatic rings. The van der Waals surface area contributed by atoms with Crippen LogP contribution in [0.25, 0.3) is 0 Å². The Morgan fingerprint density at radius 2 is 2.19 bits per heavy atom. The molecule has 2 heteroatoms. The number of nitrogens with one attached hydrogen (secondary N) is 1. The Balaban J connectivity index is 2.28. The summed E-state index contributed by atoms with van der Waals surface area (Å²) in [4.78, 5) is 4.25. The van der Waals surface area contributed by atoms with Crippen LogP contribution in [0.1, 0.15) is 50.6 Å². The summed E-state index contributed by atoms with van der Waals surface area (Å²) in [6, 6.07) is 4.70. The van der Waals surface area contributed by atoms with Crippen molar-refractivity contribution in [1.82, 2.24) is 10.3 Å². The molecule has 0 aliphatic heterocycles. The summed E-state index contributed by atoms with van der Waals surface area (Å²) in [5.41, 5.74) is 1.80. The van der Waals surface area contributed by atoms with Crippen molar-refractivity contribution in [3.05, 3.63) is 30.1 Å². The van der Waals surface area contributed by atoms with Crippen LogP contribution in [0.5, 0.6) is 0 Å². The number of rotatable bonds is 4. The lowest BCUT2D eigenvalue weighted by Crippen LogP contribution is -2.34. The lowest BCUT2D eigenvalue weighted by Gasteiger charge is -2.37. The van der Waals surface area contributed by atoms with Gasteiger partial charge in [0.1, 0.15) is 0 Å². The third-order valence-electron chi connectivity index (χ3n) is 4.22. The molecule has 1 heterocycles. The fraction of sp³-hybridized carbons (Fsp3) is 0.643. The molecule has 1 fully saturated rings. The zero-order valence-corrected chi connectivity index (χ0v) is 10.4. The standard InChI is InChI=1S/C14H22N2/c1-3-14(8-4-5-9-14)13(15-2)12-7-6-10-16-11-12/h6-7,10-11,13,15H,3-5,8-9H2,1-2H3. The van der Waals surface area contributed by atoms with Gasteiger partial charge >= 0.3 is 0 Å². The van der Waals surface area contributed by atoms with Gasteiger partial charge in [-0.2, -0.15) is 0 Å². The zero-order valence-electron chi connectivity index (χ0n) is 10.4. The van der Waals surface area contributed by atoms with Gasteiger partial charge in [0.05, 0.1) is 0 Å². The molecule has 0 aromatic carbocycles. The summed E-state index contributed by atoms with van der Waals surface area (Å²) < 4.78 is 0. The predicted octanol–water partition coefficient (Wildman–Crippen LogP) is 3.31. The summed E-state index contributed by atoms with van der Waals surface area (Å²) in [6.07, 6.45) is 10.6. The number of hydrogen-bond acceptors (Lipinski definition) is 2. The number of aromatic nitrogens is 1. The molecule has 2 rings (SSSR count). The third-order valence-corrected chi connectivity index (χ3v) is 4.22. The molecule has 1 aliphatic carbocycles. The largest absolute Gasteiger partial charge is 0.312 e. The first kappa shape index (κ1) is 11.6. The van der Waals surface area contributed by atoms with Gasteiger partial charge in [0, 0.05) is 18.4 Å². The fourth-order valence-electron chi connectivity index (χ4n) is 3.30. The van der Waals surface area contributed by atoms with Crippen LogP contribution in [0.2, 0.25) is 0 Å². The van der Waals surface area contributed by atoms with Crippen molar-refractivity contribution in [3.63, 3.8) is 0 Å². The average Bonchev–Trinajstić information content (AvgIpc) is 2.81. The first-order chi connectivity index (χ1) is 7.82. The van der Waals surface area contributed by atoms with E-state index in [4.69, 9.17) is 0 Å². The Morgan fingerprint density at radius 1 is 1.44 bits per heavy atom. The highest BCUT2D eigenvalue weighted by molar-refractivity contribution is 5.18. The molecule has 0 bridgehead atoms. The molecule has 1 N–H and O–H groups in total. The average molecular weight is 218 g/mol. The normalized spacial score (nSPS) is 20.9. The van der Waals surface area contributed by atoms with Crippen LogP contribution in [-0.2, 0) is 0 Å². The van der Waals surface area contributed by atoms with E-state index in [0.717, 1.165) is 0 Å². The van der Waals surface area contributed by atoms with E-state index in [1.807, 2.05) is 18.5 Å². The highest BCUT2D eigenvalue weighted by Gasteiger charge is 2.39. The highest BCUT2D eigenvalue weighted by atomic mass is 14.9. The molecule has 88 valence electrons. The van der Waals surface area contributed by atoms with Crippen LogP contribution in [0.15, 0.2) is 24.5 Å². The van der Waals surface area contributed by atoms with E-state index in [1.54, 1.807) is 0 Å². The molecule has 2 nitrogen and oxygen atoms in total. The Labute approximate surface area is 98.5 Å². The van der Waals surface area contributed by atoms with Crippen LogP contribution in [0.4, 0.5) is 0 Å². The Hall–Kier alpha value is -0.890. The monoisotopic (exact) mass is 218 g/mol. The number of nitrogens with zero attached hydrogens (tertiary/aromatic N) is 1. The second-order valence-electron chi connectivity index (χ2n) is 4.93. The van der Waals surface area contributed by atoms with Gasteiger partial charge < -0.3 is 5.32 Å². The van der Waals surface area contributed by atoms with Crippen LogP contribution in [0.3, 0.4) is 0 Å². The molecule has 0 radical (unpaired) electrons. The van der Waals surface area contributed by atoms with Gasteiger partial charge in [-0.15, -0.1) is 0 Å². The molecule has 0 amide bonds. The topological polar surface area (TPSA) is 24.9 Å². The van der Waals surface area contributed by atoms with E-state index in [1.165, 1.54) is 37.7 Å². The van der Waals surface area contributed by atoms with Crippen molar-refractivity contribution in [2.75, 3.05) is 7.05 Å². The summed E-state index contributed by atoms with van der Waals surface area (Å²) in [5.74, 6) is 0. The second kappa shape index (κ2) is 4.96. The van der Waals surface area contributed by atoms with Gasteiger partial charge in [0.2, 0.25) is 0 Å². The molecule has 1 aromatic rings. The fourth-order valence-corrected chi connectivity index (χ4v) is 3.30. The molecular formula is C14H22N2. The van der Waals surface area contributed by atoms with Crippen molar-refractivity contribution in [3.8, 4) is 0 Å². The van der Waals surface area contributed by atoms with E-state index in [9.17, 15) is 0 Å². The molecule has 0 spiro atoms. The second-order valence-corrected chi connectivity index (χ2v) is 4.93. The minimum Gasteiger partial charge on any atom is -0.312 e. The van der Waals surface area contributed by atoms with E-state index >= 15 is 0 Å². The van der Waals surface area contributed by atoms with Crippen LogP contribution in [-0.4, -0.2) is 12.0 Å². The Morgan fingerprint density at radius 3 is 2.69 bits per heavy atom. The van der Waals surface area contributed by atoms with Gasteiger partial charge in [-0.25, -0.2) is 0 Å². The molecule has 1 atom stereocenters. The highest BCUT2D eigenvalue weighted by Crippen LogP contribution is 2.49. The first-order valence-electron chi connectivity index (χ1n) is 6.39. The zero-order chi connectivity index (χ0) is 11.4. The molecule has 0 saturated heterocycles. The predicted molar refractivity (Wildman–Crippen MR) is 67.2 cm³/mol. The Kier molecular flexibility index (Phi) is 3.59. The van der Waals surface area contributed by atoms with Crippen molar-refractivity contribution in [2.45, 2.75) is 45.1 Å². The Bertz CT molecular complexity index is 315. The van der Waals surface area contributed by atoms with E-state index in [-0.39, 0.29) is 0 Å². The first-order valence-corrected chi connectivity index (χ1v) is 6.39. The maximum Gasteiger partial charge on any atom is 0.0389 e. The lowest BCUT2D eigenvalue weighted by atomic mass is 9.74. The minimum atomic E-state index is 0.456. The summed E-state index contributed by atoms with van der Waals surface area (Å²) in [5, 5.41) is 3.51. The van der Waals surface area contributed by atoms with Gasteiger partial charge in [0.25, 0.3) is 0 Å². The molecular weight excluding hydrogens is 196 g/mol. The quantitative estimate of drug-likeness (QED) is 0.838. The van der Waals surface area contributed by atoms with Gasteiger partial charge in [0.15, 0.2) is 0 Å². The van der Waals surface area contributed by atoms with Crippen LogP contribution < -0.4 is 5.32 Å². The van der Waals surface area contributed by atoms with Gasteiger partial charge in [-0.1, -0.05) is 25.8 Å². The summed E-state index contributed by atoms with van der Waals surface area (Å²) in [7, 11) is 2.08. The maximum atomic E-state index is 4.25.